The Morgan fingerprint density at radius 3 is 2.69 bits per heavy atom. The van der Waals surface area contributed by atoms with Gasteiger partial charge in [-0.1, -0.05) is 30.4 Å². The van der Waals surface area contributed by atoms with Crippen LogP contribution in [0.3, 0.4) is 0 Å². The van der Waals surface area contributed by atoms with E-state index in [1.165, 1.54) is 0 Å². The highest BCUT2D eigenvalue weighted by Crippen LogP contribution is 2.15. The highest BCUT2D eigenvalue weighted by Gasteiger charge is 2.10. The average Bonchev–Trinajstić information content (AvgIpc) is 2.16. The number of carboxylic acid groups (broad SMARTS) is 1. The molecule has 0 unspecified atom stereocenters. The Kier molecular flexibility index (Phi) is 3.83. The van der Waals surface area contributed by atoms with Crippen molar-refractivity contribution in [2.75, 3.05) is 0 Å². The number of carboxylic acids is 1. The third kappa shape index (κ3) is 2.95. The summed E-state index contributed by atoms with van der Waals surface area (Å²) in [5, 5.41) is 9.03. The number of hydrogen-bond donors (Lipinski definition) is 2. The van der Waals surface area contributed by atoms with Crippen molar-refractivity contribution in [1.82, 2.24) is 0 Å². The van der Waals surface area contributed by atoms with Crippen molar-refractivity contribution < 1.29 is 14.7 Å². The van der Waals surface area contributed by atoms with Gasteiger partial charge in [0.1, 0.15) is 0 Å². The number of carbonyl (C=O) groups excluding carboxylic acids is 1. The molecule has 16 heavy (non-hydrogen) atoms. The molecule has 0 fully saturated rings. The van der Waals surface area contributed by atoms with E-state index < -0.39 is 11.9 Å². The van der Waals surface area contributed by atoms with E-state index >= 15 is 0 Å². The van der Waals surface area contributed by atoms with E-state index in [-0.39, 0.29) is 12.0 Å². The van der Waals surface area contributed by atoms with E-state index in [1.807, 2.05) is 0 Å². The molecular weight excluding hydrogens is 206 g/mol. The van der Waals surface area contributed by atoms with Crippen molar-refractivity contribution in [2.24, 2.45) is 5.73 Å². The fourth-order valence-electron chi connectivity index (χ4n) is 1.42. The lowest BCUT2D eigenvalue weighted by Gasteiger charge is -2.04. The summed E-state index contributed by atoms with van der Waals surface area (Å²) in [4.78, 5) is 21.5. The van der Waals surface area contributed by atoms with Crippen LogP contribution in [-0.2, 0) is 4.79 Å². The lowest BCUT2D eigenvalue weighted by molar-refractivity contribution is -0.117. The van der Waals surface area contributed by atoms with Crippen molar-refractivity contribution in [3.63, 3.8) is 0 Å². The van der Waals surface area contributed by atoms with Crippen LogP contribution < -0.4 is 5.73 Å². The number of aryl methyl sites for hydroxylation is 1. The van der Waals surface area contributed by atoms with Crippen molar-refractivity contribution in [1.29, 1.82) is 0 Å². The van der Waals surface area contributed by atoms with Gasteiger partial charge in [-0.25, -0.2) is 4.79 Å². The number of benzene rings is 1. The largest absolute Gasteiger partial charge is 0.478 e. The maximum atomic E-state index is 11.0. The lowest BCUT2D eigenvalue weighted by atomic mass is 10.0. The van der Waals surface area contributed by atoms with Crippen LogP contribution in [0.4, 0.5) is 0 Å². The molecule has 0 heterocycles. The SMILES string of the molecule is Cc1cccc(C=CCC(N)=O)c1C(=O)O. The van der Waals surface area contributed by atoms with Crippen LogP contribution in [0.25, 0.3) is 6.08 Å². The van der Waals surface area contributed by atoms with Gasteiger partial charge in [-0.05, 0) is 18.1 Å². The van der Waals surface area contributed by atoms with Crippen molar-refractivity contribution in [3.05, 3.63) is 41.0 Å². The number of carbonyl (C=O) groups is 2. The minimum Gasteiger partial charge on any atom is -0.478 e. The molecule has 0 bridgehead atoms. The summed E-state index contributed by atoms with van der Waals surface area (Å²) in [5.41, 5.74) is 6.50. The quantitative estimate of drug-likeness (QED) is 0.806. The number of nitrogens with two attached hydrogens (primary N) is 1. The molecule has 0 aromatic heterocycles. The third-order valence-corrected chi connectivity index (χ3v) is 2.14. The van der Waals surface area contributed by atoms with Crippen molar-refractivity contribution in [2.45, 2.75) is 13.3 Å². The molecule has 0 aliphatic rings. The van der Waals surface area contributed by atoms with Gasteiger partial charge in [0.2, 0.25) is 5.91 Å². The Morgan fingerprint density at radius 2 is 2.12 bits per heavy atom. The molecule has 0 saturated heterocycles. The molecule has 3 N–H and O–H groups in total. The maximum Gasteiger partial charge on any atom is 0.336 e. The standard InChI is InChI=1S/C12H13NO3/c1-8-4-2-5-9(11(8)12(15)16)6-3-7-10(13)14/h2-6H,7H2,1H3,(H2,13,14)(H,15,16). The second-order valence-corrected chi connectivity index (χ2v) is 3.42. The monoisotopic (exact) mass is 219 g/mol. The van der Waals surface area contributed by atoms with Gasteiger partial charge in [-0.2, -0.15) is 0 Å². The number of rotatable bonds is 4. The number of aromatic carboxylic acids is 1. The van der Waals surface area contributed by atoms with Crippen molar-refractivity contribution >= 4 is 18.0 Å². The van der Waals surface area contributed by atoms with E-state index in [9.17, 15) is 9.59 Å². The Bertz CT molecular complexity index is 450. The topological polar surface area (TPSA) is 80.4 Å². The van der Waals surface area contributed by atoms with Crippen LogP contribution in [0.2, 0.25) is 0 Å². The first-order valence-corrected chi connectivity index (χ1v) is 4.80. The molecule has 0 saturated carbocycles. The summed E-state index contributed by atoms with van der Waals surface area (Å²) in [5.74, 6) is -1.42. The van der Waals surface area contributed by atoms with Gasteiger partial charge in [-0.15, -0.1) is 0 Å². The summed E-state index contributed by atoms with van der Waals surface area (Å²) >= 11 is 0. The highest BCUT2D eigenvalue weighted by molar-refractivity contribution is 5.94. The van der Waals surface area contributed by atoms with Crippen LogP contribution in [0, 0.1) is 6.92 Å². The lowest BCUT2D eigenvalue weighted by Crippen LogP contribution is -2.08. The molecule has 0 atom stereocenters. The molecule has 0 aliphatic carbocycles. The summed E-state index contributed by atoms with van der Waals surface area (Å²) in [7, 11) is 0. The zero-order valence-corrected chi connectivity index (χ0v) is 8.93. The molecule has 0 spiro atoms. The molecule has 4 nitrogen and oxygen atoms in total. The zero-order valence-electron chi connectivity index (χ0n) is 8.93. The fourth-order valence-corrected chi connectivity index (χ4v) is 1.42. The Hall–Kier alpha value is -2.10. The summed E-state index contributed by atoms with van der Waals surface area (Å²) < 4.78 is 0. The second kappa shape index (κ2) is 5.11. The van der Waals surface area contributed by atoms with E-state index in [0.29, 0.717) is 11.1 Å². The van der Waals surface area contributed by atoms with Gasteiger partial charge in [0, 0.05) is 6.42 Å². The first-order chi connectivity index (χ1) is 7.52. The minimum atomic E-state index is -0.975. The molecule has 84 valence electrons. The number of amides is 1. The fraction of sp³-hybridized carbons (Fsp3) is 0.167. The van der Waals surface area contributed by atoms with E-state index in [1.54, 1.807) is 37.3 Å². The van der Waals surface area contributed by atoms with Crippen LogP contribution in [0.5, 0.6) is 0 Å². The first-order valence-electron chi connectivity index (χ1n) is 4.80. The average molecular weight is 219 g/mol. The Labute approximate surface area is 93.4 Å². The van der Waals surface area contributed by atoms with Gasteiger partial charge < -0.3 is 10.8 Å². The van der Waals surface area contributed by atoms with Gasteiger partial charge in [0.05, 0.1) is 5.56 Å². The summed E-state index contributed by atoms with van der Waals surface area (Å²) in [6, 6.07) is 5.19. The highest BCUT2D eigenvalue weighted by atomic mass is 16.4. The van der Waals surface area contributed by atoms with Crippen LogP contribution in [0.15, 0.2) is 24.3 Å². The molecule has 1 aromatic carbocycles. The molecule has 0 radical (unpaired) electrons. The minimum absolute atomic E-state index is 0.104. The zero-order chi connectivity index (χ0) is 12.1. The second-order valence-electron chi connectivity index (χ2n) is 3.42. The van der Waals surface area contributed by atoms with E-state index in [2.05, 4.69) is 0 Å². The Morgan fingerprint density at radius 1 is 1.44 bits per heavy atom. The van der Waals surface area contributed by atoms with Crippen molar-refractivity contribution in [3.8, 4) is 0 Å². The molecule has 4 heteroatoms. The number of primary amides is 1. The summed E-state index contributed by atoms with van der Waals surface area (Å²) in [6.07, 6.45) is 3.26. The van der Waals surface area contributed by atoms with Gasteiger partial charge in [-0.3, -0.25) is 4.79 Å². The van der Waals surface area contributed by atoms with Gasteiger partial charge >= 0.3 is 5.97 Å². The molecule has 0 aliphatic heterocycles. The number of hydrogen-bond acceptors (Lipinski definition) is 2. The normalized spacial score (nSPS) is 10.6. The van der Waals surface area contributed by atoms with Crippen LogP contribution >= 0.6 is 0 Å². The molecule has 1 rings (SSSR count). The predicted octanol–water partition coefficient (Wildman–Crippen LogP) is 1.58. The predicted molar refractivity (Wildman–Crippen MR) is 61.0 cm³/mol. The maximum absolute atomic E-state index is 11.0. The smallest absolute Gasteiger partial charge is 0.336 e. The van der Waals surface area contributed by atoms with Gasteiger partial charge in [0.25, 0.3) is 0 Å². The molecule has 1 aromatic rings. The Balaban J connectivity index is 3.04. The molecule has 1 amide bonds. The summed E-state index contributed by atoms with van der Waals surface area (Å²) in [6.45, 7) is 1.73. The third-order valence-electron chi connectivity index (χ3n) is 2.14. The van der Waals surface area contributed by atoms with Crippen LogP contribution in [0.1, 0.15) is 27.9 Å². The van der Waals surface area contributed by atoms with Crippen LogP contribution in [-0.4, -0.2) is 17.0 Å². The first kappa shape index (κ1) is 12.0. The van der Waals surface area contributed by atoms with Gasteiger partial charge in [0.15, 0.2) is 0 Å². The molecular formula is C12H13NO3. The van der Waals surface area contributed by atoms with E-state index in [0.717, 1.165) is 0 Å². The van der Waals surface area contributed by atoms with E-state index in [4.69, 9.17) is 10.8 Å².